The predicted octanol–water partition coefficient (Wildman–Crippen LogP) is 4.00. The fourth-order valence-corrected chi connectivity index (χ4v) is 3.66. The molecular weight excluding hydrogens is 340 g/mol. The molecule has 0 unspecified atom stereocenters. The van der Waals surface area contributed by atoms with Gasteiger partial charge in [-0.3, -0.25) is 9.59 Å². The number of carbonyl (C=O) groups excluding carboxylic acids is 2. The van der Waals surface area contributed by atoms with E-state index in [9.17, 15) is 9.59 Å². The Bertz CT molecular complexity index is 736. The summed E-state index contributed by atoms with van der Waals surface area (Å²) in [6.07, 6.45) is 6.87. The minimum absolute atomic E-state index is 0.305. The van der Waals surface area contributed by atoms with Crippen LogP contribution in [0.3, 0.4) is 0 Å². The topological polar surface area (TPSA) is 52.6 Å². The van der Waals surface area contributed by atoms with E-state index in [4.69, 9.17) is 9.47 Å². The second kappa shape index (κ2) is 9.60. The van der Waals surface area contributed by atoms with Crippen LogP contribution in [0.4, 0.5) is 0 Å². The molecular formula is C23H30O4. The van der Waals surface area contributed by atoms with E-state index >= 15 is 0 Å². The number of hydrogen-bond acceptors (Lipinski definition) is 4. The van der Waals surface area contributed by atoms with Gasteiger partial charge in [0, 0.05) is 12.0 Å². The highest BCUT2D eigenvalue weighted by atomic mass is 16.5. The van der Waals surface area contributed by atoms with E-state index in [1.54, 1.807) is 0 Å². The van der Waals surface area contributed by atoms with Crippen LogP contribution in [0.5, 0.6) is 0 Å². The van der Waals surface area contributed by atoms with E-state index in [0.717, 1.165) is 55.2 Å². The summed E-state index contributed by atoms with van der Waals surface area (Å²) in [6, 6.07) is 4.19. The molecule has 0 spiro atoms. The molecule has 0 fully saturated rings. The van der Waals surface area contributed by atoms with Gasteiger partial charge in [0.2, 0.25) is 0 Å². The van der Waals surface area contributed by atoms with Crippen LogP contribution in [0.25, 0.3) is 0 Å². The highest BCUT2D eigenvalue weighted by Crippen LogP contribution is 2.40. The minimum atomic E-state index is -1.28. The number of ether oxygens (including phenoxy) is 2. The molecule has 1 aromatic rings. The van der Waals surface area contributed by atoms with E-state index in [1.165, 1.54) is 19.8 Å². The molecule has 146 valence electrons. The summed E-state index contributed by atoms with van der Waals surface area (Å²) >= 11 is 0. The molecule has 4 heteroatoms. The predicted molar refractivity (Wildman–Crippen MR) is 105 cm³/mol. The fraction of sp³-hybridized carbons (Fsp3) is 0.565. The maximum Gasteiger partial charge on any atom is 0.323 e. The van der Waals surface area contributed by atoms with Gasteiger partial charge in [-0.2, -0.15) is 0 Å². The van der Waals surface area contributed by atoms with Gasteiger partial charge < -0.3 is 9.47 Å². The van der Waals surface area contributed by atoms with E-state index in [-0.39, 0.29) is 0 Å². The van der Waals surface area contributed by atoms with E-state index in [0.29, 0.717) is 12.8 Å². The third kappa shape index (κ3) is 4.53. The molecule has 0 saturated heterocycles. The molecule has 0 atom stereocenters. The van der Waals surface area contributed by atoms with Crippen molar-refractivity contribution in [1.82, 2.24) is 0 Å². The van der Waals surface area contributed by atoms with Crippen molar-refractivity contribution in [2.45, 2.75) is 65.2 Å². The highest BCUT2D eigenvalue weighted by molar-refractivity contribution is 6.01. The van der Waals surface area contributed by atoms with Gasteiger partial charge in [0.15, 0.2) is 5.41 Å². The lowest BCUT2D eigenvalue weighted by Crippen LogP contribution is -2.42. The number of methoxy groups -OCH3 is 2. The maximum atomic E-state index is 12.4. The summed E-state index contributed by atoms with van der Waals surface area (Å²) < 4.78 is 9.88. The van der Waals surface area contributed by atoms with Gasteiger partial charge in [-0.15, -0.1) is 0 Å². The first kappa shape index (κ1) is 21.0. The number of rotatable bonds is 7. The van der Waals surface area contributed by atoms with Gasteiger partial charge in [0.25, 0.3) is 0 Å². The average molecular weight is 370 g/mol. The Morgan fingerprint density at radius 3 is 2.15 bits per heavy atom. The molecule has 0 bridgehead atoms. The lowest BCUT2D eigenvalue weighted by atomic mass is 9.85. The number of aryl methyl sites for hydroxylation is 1. The van der Waals surface area contributed by atoms with Crippen molar-refractivity contribution >= 4 is 11.9 Å². The summed E-state index contributed by atoms with van der Waals surface area (Å²) in [7, 11) is 2.63. The summed E-state index contributed by atoms with van der Waals surface area (Å²) in [5, 5.41) is 0. The molecule has 4 nitrogen and oxygen atoms in total. The molecule has 1 aliphatic rings. The molecule has 1 aliphatic carbocycles. The largest absolute Gasteiger partial charge is 0.468 e. The van der Waals surface area contributed by atoms with Crippen LogP contribution in [0, 0.1) is 17.3 Å². The number of fused-ring (bicyclic) bond motifs is 1. The van der Waals surface area contributed by atoms with Crippen LogP contribution in [0.1, 0.15) is 68.2 Å². The Kier molecular flexibility index (Phi) is 7.47. The Hall–Kier alpha value is -2.28. The van der Waals surface area contributed by atoms with Gasteiger partial charge >= 0.3 is 11.9 Å². The van der Waals surface area contributed by atoms with Crippen molar-refractivity contribution in [3.63, 3.8) is 0 Å². The lowest BCUT2D eigenvalue weighted by molar-refractivity contribution is -0.168. The molecule has 0 N–H and O–H groups in total. The molecule has 27 heavy (non-hydrogen) atoms. The third-order valence-electron chi connectivity index (χ3n) is 5.24. The van der Waals surface area contributed by atoms with Crippen LogP contribution in [0.2, 0.25) is 0 Å². The van der Waals surface area contributed by atoms with Crippen LogP contribution in [-0.2, 0) is 38.3 Å². The first-order chi connectivity index (χ1) is 13.0. The average Bonchev–Trinajstić information content (AvgIpc) is 3.07. The molecule has 0 saturated carbocycles. The molecule has 0 heterocycles. The van der Waals surface area contributed by atoms with Crippen LogP contribution in [0.15, 0.2) is 12.1 Å². The highest BCUT2D eigenvalue weighted by Gasteiger charge is 2.52. The Morgan fingerprint density at radius 2 is 1.59 bits per heavy atom. The van der Waals surface area contributed by atoms with Crippen molar-refractivity contribution in [2.24, 2.45) is 5.41 Å². The van der Waals surface area contributed by atoms with Crippen molar-refractivity contribution < 1.29 is 19.1 Å². The second-order valence-electron chi connectivity index (χ2n) is 7.21. The summed E-state index contributed by atoms with van der Waals surface area (Å²) in [5.74, 6) is 5.52. The molecule has 1 aromatic carbocycles. The summed E-state index contributed by atoms with van der Waals surface area (Å²) in [4.78, 5) is 24.9. The van der Waals surface area contributed by atoms with Gasteiger partial charge in [0.05, 0.1) is 14.2 Å². The van der Waals surface area contributed by atoms with Gasteiger partial charge in [0.1, 0.15) is 0 Å². The number of benzene rings is 1. The smallest absolute Gasteiger partial charge is 0.323 e. The monoisotopic (exact) mass is 370 g/mol. The SMILES string of the molecule is CCCCC#Cc1cc2c(cc1CCCC)CC(C(=O)OC)(C(=O)OC)C2. The number of esters is 2. The lowest BCUT2D eigenvalue weighted by Gasteiger charge is -2.22. The molecule has 2 rings (SSSR count). The Balaban J connectivity index is 2.42. The first-order valence-corrected chi connectivity index (χ1v) is 9.82. The molecule has 0 aromatic heterocycles. The van der Waals surface area contributed by atoms with Crippen LogP contribution in [-0.4, -0.2) is 26.2 Å². The van der Waals surface area contributed by atoms with Crippen molar-refractivity contribution in [3.8, 4) is 11.8 Å². The Morgan fingerprint density at radius 1 is 1.00 bits per heavy atom. The van der Waals surface area contributed by atoms with Crippen molar-refractivity contribution in [1.29, 1.82) is 0 Å². The number of unbranched alkanes of at least 4 members (excludes halogenated alkanes) is 3. The van der Waals surface area contributed by atoms with E-state index in [2.05, 4.69) is 37.8 Å². The molecule has 0 radical (unpaired) electrons. The molecule has 0 amide bonds. The van der Waals surface area contributed by atoms with Gasteiger partial charge in [-0.1, -0.05) is 44.6 Å². The third-order valence-corrected chi connectivity index (χ3v) is 5.24. The summed E-state index contributed by atoms with van der Waals surface area (Å²) in [6.45, 7) is 4.32. The van der Waals surface area contributed by atoms with Crippen LogP contribution < -0.4 is 0 Å². The van der Waals surface area contributed by atoms with Crippen molar-refractivity contribution in [2.75, 3.05) is 14.2 Å². The van der Waals surface area contributed by atoms with E-state index in [1.807, 2.05) is 0 Å². The molecule has 0 aliphatic heterocycles. The zero-order valence-electron chi connectivity index (χ0n) is 16.9. The summed E-state index contributed by atoms with van der Waals surface area (Å²) in [5.41, 5.74) is 2.96. The Labute approximate surface area is 162 Å². The standard InChI is InChI=1S/C23H30O4/c1-5-7-9-10-12-18-14-20-16-23(21(24)26-3,22(25)27-4)15-19(20)13-17(18)11-8-6-2/h13-14H,5-9,11,15-16H2,1-4H3. The normalized spacial score (nSPS) is 14.1. The van der Waals surface area contributed by atoms with Gasteiger partial charge in [-0.05, 0) is 54.9 Å². The van der Waals surface area contributed by atoms with Crippen LogP contribution >= 0.6 is 0 Å². The zero-order valence-corrected chi connectivity index (χ0v) is 16.9. The number of carbonyl (C=O) groups is 2. The minimum Gasteiger partial charge on any atom is -0.468 e. The first-order valence-electron chi connectivity index (χ1n) is 9.82. The zero-order chi connectivity index (χ0) is 19.9. The van der Waals surface area contributed by atoms with Crippen molar-refractivity contribution in [3.05, 3.63) is 34.4 Å². The quantitative estimate of drug-likeness (QED) is 0.315. The van der Waals surface area contributed by atoms with Gasteiger partial charge in [-0.25, -0.2) is 0 Å². The maximum absolute atomic E-state index is 12.4. The number of hydrogen-bond donors (Lipinski definition) is 0. The van der Waals surface area contributed by atoms with E-state index < -0.39 is 17.4 Å². The second-order valence-corrected chi connectivity index (χ2v) is 7.21. The fourth-order valence-electron chi connectivity index (χ4n) is 3.66.